The van der Waals surface area contributed by atoms with Gasteiger partial charge in [-0.1, -0.05) is 0 Å². The second-order valence-corrected chi connectivity index (χ2v) is 4.52. The first-order valence-electron chi connectivity index (χ1n) is 6.13. The van der Waals surface area contributed by atoms with Gasteiger partial charge in [0.2, 0.25) is 0 Å². The Morgan fingerprint density at radius 1 is 1.30 bits per heavy atom. The van der Waals surface area contributed by atoms with Crippen LogP contribution in [0.3, 0.4) is 0 Å². The Morgan fingerprint density at radius 3 is 2.50 bits per heavy atom. The van der Waals surface area contributed by atoms with Crippen LogP contribution in [0.4, 0.5) is 18.9 Å². The highest BCUT2D eigenvalue weighted by Gasteiger charge is 2.31. The maximum Gasteiger partial charge on any atom is 0.416 e. The van der Waals surface area contributed by atoms with E-state index in [1.165, 1.54) is 0 Å². The molecular weight excluding hydrogens is 275 g/mol. The van der Waals surface area contributed by atoms with E-state index in [9.17, 15) is 18.0 Å². The van der Waals surface area contributed by atoms with Crippen molar-refractivity contribution < 1.29 is 27.4 Å². The van der Waals surface area contributed by atoms with Crippen molar-refractivity contribution >= 4 is 11.7 Å². The Balaban J connectivity index is 2.10. The molecule has 110 valence electrons. The summed E-state index contributed by atoms with van der Waals surface area (Å²) in [4.78, 5) is 11.9. The summed E-state index contributed by atoms with van der Waals surface area (Å²) in [5, 5.41) is 0. The van der Waals surface area contributed by atoms with Crippen LogP contribution in [0.5, 0.6) is 0 Å². The molecule has 7 heteroatoms. The molecule has 0 bridgehead atoms. The number of benzene rings is 1. The Hall–Kier alpha value is -1.76. The van der Waals surface area contributed by atoms with Gasteiger partial charge in [0, 0.05) is 18.5 Å². The first kappa shape index (κ1) is 14.6. The van der Waals surface area contributed by atoms with E-state index in [1.54, 1.807) is 0 Å². The summed E-state index contributed by atoms with van der Waals surface area (Å²) in [6.45, 7) is 1.00. The molecule has 1 aliphatic heterocycles. The SMILES string of the molecule is Nc1cc(C(F)(F)F)ccc1C(=O)OC1CCOCC1. The molecule has 1 aromatic carbocycles. The fourth-order valence-electron chi connectivity index (χ4n) is 1.93. The average Bonchev–Trinajstić information content (AvgIpc) is 2.38. The number of nitrogens with two attached hydrogens (primary N) is 1. The predicted molar refractivity (Wildman–Crippen MR) is 65.1 cm³/mol. The molecule has 0 spiro atoms. The van der Waals surface area contributed by atoms with E-state index < -0.39 is 17.7 Å². The van der Waals surface area contributed by atoms with E-state index in [0.29, 0.717) is 26.1 Å². The molecule has 0 aromatic heterocycles. The Labute approximate surface area is 113 Å². The van der Waals surface area contributed by atoms with Crippen molar-refractivity contribution in [2.75, 3.05) is 18.9 Å². The number of carbonyl (C=O) groups excluding carboxylic acids is 1. The van der Waals surface area contributed by atoms with Gasteiger partial charge < -0.3 is 15.2 Å². The molecule has 0 radical (unpaired) electrons. The minimum absolute atomic E-state index is 0.0514. The van der Waals surface area contributed by atoms with Gasteiger partial charge in [0.05, 0.1) is 24.3 Å². The minimum Gasteiger partial charge on any atom is -0.459 e. The van der Waals surface area contributed by atoms with Crippen LogP contribution < -0.4 is 5.73 Å². The molecule has 20 heavy (non-hydrogen) atoms. The number of halogens is 3. The third-order valence-electron chi connectivity index (χ3n) is 3.04. The first-order chi connectivity index (χ1) is 9.38. The molecule has 1 fully saturated rings. The number of ether oxygens (including phenoxy) is 2. The molecule has 4 nitrogen and oxygen atoms in total. The van der Waals surface area contributed by atoms with Crippen molar-refractivity contribution in [3.63, 3.8) is 0 Å². The number of carbonyl (C=O) groups is 1. The fraction of sp³-hybridized carbons (Fsp3) is 0.462. The van der Waals surface area contributed by atoms with E-state index in [1.807, 2.05) is 0 Å². The van der Waals surface area contributed by atoms with E-state index >= 15 is 0 Å². The van der Waals surface area contributed by atoms with Crippen molar-refractivity contribution in [2.24, 2.45) is 0 Å². The fourth-order valence-corrected chi connectivity index (χ4v) is 1.93. The maximum atomic E-state index is 12.5. The number of hydrogen-bond acceptors (Lipinski definition) is 4. The predicted octanol–water partition coefficient (Wildman–Crippen LogP) is 2.62. The van der Waals surface area contributed by atoms with Crippen LogP contribution in [-0.2, 0) is 15.7 Å². The highest BCUT2D eigenvalue weighted by Crippen LogP contribution is 2.31. The van der Waals surface area contributed by atoms with Gasteiger partial charge in [-0.25, -0.2) is 4.79 Å². The summed E-state index contributed by atoms with van der Waals surface area (Å²) in [5.41, 5.74) is 4.32. The molecule has 0 atom stereocenters. The van der Waals surface area contributed by atoms with Crippen molar-refractivity contribution in [3.05, 3.63) is 29.3 Å². The lowest BCUT2D eigenvalue weighted by Gasteiger charge is -2.22. The summed E-state index contributed by atoms with van der Waals surface area (Å²) in [7, 11) is 0. The standard InChI is InChI=1S/C13H14F3NO3/c14-13(15,16)8-1-2-10(11(17)7-8)12(18)20-9-3-5-19-6-4-9/h1-2,7,9H,3-6,17H2. The van der Waals surface area contributed by atoms with Gasteiger partial charge in [-0.05, 0) is 18.2 Å². The maximum absolute atomic E-state index is 12.5. The lowest BCUT2D eigenvalue weighted by molar-refractivity contribution is -0.137. The number of hydrogen-bond donors (Lipinski definition) is 1. The van der Waals surface area contributed by atoms with Crippen LogP contribution in [0.25, 0.3) is 0 Å². The normalized spacial score (nSPS) is 16.9. The van der Waals surface area contributed by atoms with Gasteiger partial charge in [0.15, 0.2) is 0 Å². The number of rotatable bonds is 2. The van der Waals surface area contributed by atoms with E-state index in [0.717, 1.165) is 18.2 Å². The highest BCUT2D eigenvalue weighted by atomic mass is 19.4. The largest absolute Gasteiger partial charge is 0.459 e. The summed E-state index contributed by atoms with van der Waals surface area (Å²) >= 11 is 0. The summed E-state index contributed by atoms with van der Waals surface area (Å²) in [6.07, 6.45) is -3.62. The smallest absolute Gasteiger partial charge is 0.416 e. The molecule has 0 amide bonds. The van der Waals surface area contributed by atoms with Crippen molar-refractivity contribution in [1.29, 1.82) is 0 Å². The number of nitrogen functional groups attached to an aromatic ring is 1. The number of anilines is 1. The molecule has 1 aliphatic rings. The monoisotopic (exact) mass is 289 g/mol. The van der Waals surface area contributed by atoms with Gasteiger partial charge in [-0.3, -0.25) is 0 Å². The zero-order valence-corrected chi connectivity index (χ0v) is 10.6. The van der Waals surface area contributed by atoms with Gasteiger partial charge in [-0.15, -0.1) is 0 Å². The molecule has 1 aromatic rings. The molecule has 0 unspecified atom stereocenters. The van der Waals surface area contributed by atoms with Gasteiger partial charge >= 0.3 is 12.1 Å². The van der Waals surface area contributed by atoms with Crippen LogP contribution >= 0.6 is 0 Å². The van der Waals surface area contributed by atoms with Crippen LogP contribution in [0.15, 0.2) is 18.2 Å². The topological polar surface area (TPSA) is 61.6 Å². The number of esters is 1. The molecule has 1 saturated heterocycles. The van der Waals surface area contributed by atoms with Gasteiger partial charge in [0.25, 0.3) is 0 Å². The zero-order chi connectivity index (χ0) is 14.8. The third-order valence-corrected chi connectivity index (χ3v) is 3.04. The Bertz CT molecular complexity index is 496. The zero-order valence-electron chi connectivity index (χ0n) is 10.6. The quantitative estimate of drug-likeness (QED) is 0.671. The van der Waals surface area contributed by atoms with Crippen LogP contribution in [-0.4, -0.2) is 25.3 Å². The summed E-state index contributed by atoms with van der Waals surface area (Å²) < 4.78 is 47.8. The molecule has 2 N–H and O–H groups in total. The molecule has 0 saturated carbocycles. The van der Waals surface area contributed by atoms with Crippen LogP contribution in [0.1, 0.15) is 28.8 Å². The molecule has 1 heterocycles. The van der Waals surface area contributed by atoms with Crippen molar-refractivity contribution in [3.8, 4) is 0 Å². The van der Waals surface area contributed by atoms with Gasteiger partial charge in [0.1, 0.15) is 6.10 Å². The van der Waals surface area contributed by atoms with Crippen LogP contribution in [0.2, 0.25) is 0 Å². The lowest BCUT2D eigenvalue weighted by atomic mass is 10.1. The minimum atomic E-state index is -4.49. The first-order valence-corrected chi connectivity index (χ1v) is 6.13. The van der Waals surface area contributed by atoms with E-state index in [4.69, 9.17) is 15.2 Å². The van der Waals surface area contributed by atoms with E-state index in [2.05, 4.69) is 0 Å². The summed E-state index contributed by atoms with van der Waals surface area (Å²) in [6, 6.07) is 2.59. The molecule has 0 aliphatic carbocycles. The van der Waals surface area contributed by atoms with Crippen molar-refractivity contribution in [1.82, 2.24) is 0 Å². The Kier molecular flexibility index (Phi) is 4.17. The Morgan fingerprint density at radius 2 is 1.95 bits per heavy atom. The second kappa shape index (κ2) is 5.70. The lowest BCUT2D eigenvalue weighted by Crippen LogP contribution is -2.26. The van der Waals surface area contributed by atoms with E-state index in [-0.39, 0.29) is 17.4 Å². The highest BCUT2D eigenvalue weighted by molar-refractivity contribution is 5.95. The van der Waals surface area contributed by atoms with Crippen molar-refractivity contribution in [2.45, 2.75) is 25.1 Å². The van der Waals surface area contributed by atoms with Gasteiger partial charge in [-0.2, -0.15) is 13.2 Å². The third kappa shape index (κ3) is 3.41. The summed E-state index contributed by atoms with van der Waals surface area (Å²) in [5.74, 6) is -0.705. The van der Waals surface area contributed by atoms with Crippen LogP contribution in [0, 0.1) is 0 Å². The second-order valence-electron chi connectivity index (χ2n) is 4.52. The molecular formula is C13H14F3NO3. The molecule has 2 rings (SSSR count). The number of alkyl halides is 3. The average molecular weight is 289 g/mol.